The van der Waals surface area contributed by atoms with E-state index in [9.17, 15) is 0 Å². The van der Waals surface area contributed by atoms with E-state index >= 15 is 0 Å². The van der Waals surface area contributed by atoms with Crippen LogP contribution in [0.3, 0.4) is 0 Å². The molecule has 0 saturated carbocycles. The fourth-order valence-corrected chi connectivity index (χ4v) is 6.83. The van der Waals surface area contributed by atoms with Gasteiger partial charge in [0, 0.05) is 26.9 Å². The summed E-state index contributed by atoms with van der Waals surface area (Å²) in [6.45, 7) is 4.56. The standard InChI is InChI=1S/C13H21NS3/c1-4-10-13(17-8-7-15-10)11(14-3)12-9(2)5-6-16-12/h5-6,10-11,13-14H,4,7-8H2,1-3H3. The Hall–Kier alpha value is 0.360. The Morgan fingerprint density at radius 1 is 1.41 bits per heavy atom. The Labute approximate surface area is 117 Å². The van der Waals surface area contributed by atoms with Crippen LogP contribution in [0.1, 0.15) is 29.8 Å². The smallest absolute Gasteiger partial charge is 0.0546 e. The van der Waals surface area contributed by atoms with Crippen LogP contribution >= 0.6 is 34.9 Å². The minimum Gasteiger partial charge on any atom is -0.311 e. The molecular weight excluding hydrogens is 266 g/mol. The zero-order valence-electron chi connectivity index (χ0n) is 10.7. The molecule has 1 N–H and O–H groups in total. The quantitative estimate of drug-likeness (QED) is 0.901. The van der Waals surface area contributed by atoms with Crippen LogP contribution in [0.15, 0.2) is 11.4 Å². The van der Waals surface area contributed by atoms with Gasteiger partial charge in [-0.3, -0.25) is 0 Å². The first-order valence-corrected chi connectivity index (χ1v) is 9.20. The number of hydrogen-bond donors (Lipinski definition) is 1. The molecule has 0 bridgehead atoms. The van der Waals surface area contributed by atoms with Crippen molar-refractivity contribution in [1.29, 1.82) is 0 Å². The van der Waals surface area contributed by atoms with Gasteiger partial charge in [-0.1, -0.05) is 6.92 Å². The van der Waals surface area contributed by atoms with Crippen LogP contribution in [0.4, 0.5) is 0 Å². The van der Waals surface area contributed by atoms with E-state index in [0.29, 0.717) is 6.04 Å². The summed E-state index contributed by atoms with van der Waals surface area (Å²) in [5.41, 5.74) is 1.44. The zero-order valence-corrected chi connectivity index (χ0v) is 13.2. The van der Waals surface area contributed by atoms with E-state index in [1.54, 1.807) is 0 Å². The molecule has 1 saturated heterocycles. The van der Waals surface area contributed by atoms with Gasteiger partial charge in [0.25, 0.3) is 0 Å². The molecule has 0 aromatic carbocycles. The number of nitrogens with one attached hydrogen (secondary N) is 1. The molecule has 1 fully saturated rings. The monoisotopic (exact) mass is 287 g/mol. The first-order valence-electron chi connectivity index (χ1n) is 6.22. The molecule has 1 aromatic heterocycles. The van der Waals surface area contributed by atoms with Crippen molar-refractivity contribution < 1.29 is 0 Å². The highest BCUT2D eigenvalue weighted by atomic mass is 32.2. The second-order valence-electron chi connectivity index (χ2n) is 4.39. The number of rotatable bonds is 4. The molecule has 2 heterocycles. The highest BCUT2D eigenvalue weighted by molar-refractivity contribution is 8.07. The number of hydrogen-bond acceptors (Lipinski definition) is 4. The summed E-state index contributed by atoms with van der Waals surface area (Å²) in [4.78, 5) is 1.53. The van der Waals surface area contributed by atoms with Gasteiger partial charge in [-0.25, -0.2) is 0 Å². The molecule has 4 heteroatoms. The van der Waals surface area contributed by atoms with E-state index in [0.717, 1.165) is 10.5 Å². The van der Waals surface area contributed by atoms with Crippen LogP contribution in [0.2, 0.25) is 0 Å². The molecule has 3 atom stereocenters. The van der Waals surface area contributed by atoms with E-state index in [2.05, 4.69) is 61.2 Å². The van der Waals surface area contributed by atoms with Crippen LogP contribution in [0, 0.1) is 6.92 Å². The second kappa shape index (κ2) is 6.50. The molecular formula is C13H21NS3. The maximum Gasteiger partial charge on any atom is 0.0546 e. The summed E-state index contributed by atoms with van der Waals surface area (Å²) in [6.07, 6.45) is 1.28. The molecule has 2 rings (SSSR count). The predicted molar refractivity (Wildman–Crippen MR) is 83.6 cm³/mol. The molecule has 17 heavy (non-hydrogen) atoms. The fourth-order valence-electron chi connectivity index (χ4n) is 2.39. The van der Waals surface area contributed by atoms with E-state index in [1.807, 2.05) is 11.3 Å². The van der Waals surface area contributed by atoms with E-state index in [1.165, 1.54) is 28.4 Å². The topological polar surface area (TPSA) is 12.0 Å². The van der Waals surface area contributed by atoms with Gasteiger partial charge < -0.3 is 5.32 Å². The molecule has 0 radical (unpaired) electrons. The lowest BCUT2D eigenvalue weighted by molar-refractivity contribution is 0.549. The number of thiophene rings is 1. The number of thioether (sulfide) groups is 2. The maximum atomic E-state index is 3.56. The van der Waals surface area contributed by atoms with Crippen molar-refractivity contribution in [2.45, 2.75) is 36.8 Å². The maximum absolute atomic E-state index is 3.56. The SMILES string of the molecule is CCC1SCCSC1C(NC)c1sccc1C. The lowest BCUT2D eigenvalue weighted by Gasteiger charge is -2.35. The van der Waals surface area contributed by atoms with Crippen molar-refractivity contribution in [3.63, 3.8) is 0 Å². The fraction of sp³-hybridized carbons (Fsp3) is 0.692. The Kier molecular flexibility index (Phi) is 5.27. The minimum atomic E-state index is 0.526. The van der Waals surface area contributed by atoms with Gasteiger partial charge in [0.2, 0.25) is 0 Å². The van der Waals surface area contributed by atoms with Crippen LogP contribution in [0.25, 0.3) is 0 Å². The van der Waals surface area contributed by atoms with Gasteiger partial charge in [0.05, 0.1) is 6.04 Å². The molecule has 1 aliphatic rings. The van der Waals surface area contributed by atoms with Gasteiger partial charge in [-0.2, -0.15) is 23.5 Å². The largest absolute Gasteiger partial charge is 0.311 e. The highest BCUT2D eigenvalue weighted by Crippen LogP contribution is 2.41. The van der Waals surface area contributed by atoms with E-state index in [-0.39, 0.29) is 0 Å². The Morgan fingerprint density at radius 2 is 2.18 bits per heavy atom. The summed E-state index contributed by atoms with van der Waals surface area (Å²) in [5.74, 6) is 2.62. The first kappa shape index (κ1) is 13.8. The molecule has 1 aromatic rings. The second-order valence-corrected chi connectivity index (χ2v) is 7.97. The third kappa shape index (κ3) is 3.03. The first-order chi connectivity index (χ1) is 8.27. The summed E-state index contributed by atoms with van der Waals surface area (Å²) < 4.78 is 0. The van der Waals surface area contributed by atoms with Crippen LogP contribution < -0.4 is 5.32 Å². The van der Waals surface area contributed by atoms with Crippen molar-refractivity contribution in [1.82, 2.24) is 5.32 Å². The molecule has 1 aliphatic heterocycles. The highest BCUT2D eigenvalue weighted by Gasteiger charge is 2.33. The summed E-state index contributed by atoms with van der Waals surface area (Å²) in [7, 11) is 2.11. The van der Waals surface area contributed by atoms with Gasteiger partial charge >= 0.3 is 0 Å². The van der Waals surface area contributed by atoms with E-state index < -0.39 is 0 Å². The lowest BCUT2D eigenvalue weighted by atomic mass is 10.0. The van der Waals surface area contributed by atoms with Gasteiger partial charge in [-0.05, 0) is 37.4 Å². The molecule has 1 nitrogen and oxygen atoms in total. The summed E-state index contributed by atoms with van der Waals surface area (Å²) in [5, 5.41) is 7.30. The third-order valence-electron chi connectivity index (χ3n) is 3.32. The molecule has 0 spiro atoms. The van der Waals surface area contributed by atoms with Gasteiger partial charge in [-0.15, -0.1) is 11.3 Å². The van der Waals surface area contributed by atoms with Gasteiger partial charge in [0.15, 0.2) is 0 Å². The van der Waals surface area contributed by atoms with Crippen LogP contribution in [0.5, 0.6) is 0 Å². The Bertz CT molecular complexity index is 350. The average Bonchev–Trinajstić information content (AvgIpc) is 2.78. The van der Waals surface area contributed by atoms with E-state index in [4.69, 9.17) is 0 Å². The molecule has 3 unspecified atom stereocenters. The normalized spacial score (nSPS) is 27.0. The molecule has 0 aliphatic carbocycles. The van der Waals surface area contributed by atoms with Crippen molar-refractivity contribution >= 4 is 34.9 Å². The van der Waals surface area contributed by atoms with Crippen molar-refractivity contribution in [2.75, 3.05) is 18.6 Å². The van der Waals surface area contributed by atoms with Crippen molar-refractivity contribution in [3.8, 4) is 0 Å². The lowest BCUT2D eigenvalue weighted by Crippen LogP contribution is -2.37. The average molecular weight is 288 g/mol. The third-order valence-corrected chi connectivity index (χ3v) is 7.77. The predicted octanol–water partition coefficient (Wildman–Crippen LogP) is 3.94. The van der Waals surface area contributed by atoms with Crippen LogP contribution in [-0.2, 0) is 0 Å². The Morgan fingerprint density at radius 3 is 2.76 bits per heavy atom. The van der Waals surface area contributed by atoms with Crippen molar-refractivity contribution in [3.05, 3.63) is 21.9 Å². The Balaban J connectivity index is 2.19. The molecule has 96 valence electrons. The summed E-state index contributed by atoms with van der Waals surface area (Å²) >= 11 is 6.22. The van der Waals surface area contributed by atoms with Crippen LogP contribution in [-0.4, -0.2) is 29.1 Å². The van der Waals surface area contributed by atoms with Gasteiger partial charge in [0.1, 0.15) is 0 Å². The van der Waals surface area contributed by atoms with Crippen molar-refractivity contribution in [2.24, 2.45) is 0 Å². The zero-order chi connectivity index (χ0) is 12.3. The summed E-state index contributed by atoms with van der Waals surface area (Å²) in [6, 6.07) is 2.77. The molecule has 0 amide bonds. The number of aryl methyl sites for hydroxylation is 1. The minimum absolute atomic E-state index is 0.526.